The molecular weight excluding hydrogens is 310 g/mol. The number of hydrogen-bond acceptors (Lipinski definition) is 4. The maximum absolute atomic E-state index is 11.9. The van der Waals surface area contributed by atoms with Crippen molar-refractivity contribution in [2.24, 2.45) is 0 Å². The normalized spacial score (nSPS) is 17.2. The summed E-state index contributed by atoms with van der Waals surface area (Å²) in [5.74, 6) is 0. The summed E-state index contributed by atoms with van der Waals surface area (Å²) in [7, 11) is 1.64. The van der Waals surface area contributed by atoms with E-state index in [1.54, 1.807) is 25.4 Å². The number of dihydropyridines is 1. The van der Waals surface area contributed by atoms with Crippen LogP contribution in [0, 0.1) is 5.41 Å². The minimum Gasteiger partial charge on any atom is -0.443 e. The molecule has 0 aromatic carbocycles. The average molecular weight is 328 g/mol. The van der Waals surface area contributed by atoms with Crippen molar-refractivity contribution < 1.29 is 9.53 Å². The summed E-state index contributed by atoms with van der Waals surface area (Å²) >= 11 is 3.26. The number of amides is 1. The van der Waals surface area contributed by atoms with Gasteiger partial charge in [0.2, 0.25) is 0 Å². The van der Waals surface area contributed by atoms with Crippen molar-refractivity contribution in [1.82, 2.24) is 10.2 Å². The predicted octanol–water partition coefficient (Wildman–Crippen LogP) is 3.11. The van der Waals surface area contributed by atoms with E-state index in [1.807, 2.05) is 20.8 Å². The van der Waals surface area contributed by atoms with Crippen LogP contribution in [0.2, 0.25) is 0 Å². The minimum atomic E-state index is -0.531. The van der Waals surface area contributed by atoms with Crippen molar-refractivity contribution in [2.45, 2.75) is 26.4 Å². The smallest absolute Gasteiger partial charge is 0.414 e. The predicted molar refractivity (Wildman–Crippen MR) is 79.1 cm³/mol. The average Bonchev–Trinajstić information content (AvgIpc) is 2.35. The third-order valence-electron chi connectivity index (χ3n) is 2.22. The first-order valence-electron chi connectivity index (χ1n) is 5.76. The molecule has 5 nitrogen and oxygen atoms in total. The molecule has 19 heavy (non-hydrogen) atoms. The topological polar surface area (TPSA) is 65.4 Å². The molecule has 0 aliphatic carbocycles. The van der Waals surface area contributed by atoms with Crippen LogP contribution in [0.25, 0.3) is 0 Å². The van der Waals surface area contributed by atoms with Gasteiger partial charge in [0.25, 0.3) is 0 Å². The standard InChI is InChI=1S/C13H18BrN3O2/c1-13(2,3)19-12(18)17(4)9-5-6-16-11(7-9)10(14)8-15/h5-8,15-16H,1-4H3/b11-10+,15-8?. The van der Waals surface area contributed by atoms with Gasteiger partial charge in [-0.25, -0.2) is 4.79 Å². The van der Waals surface area contributed by atoms with Gasteiger partial charge < -0.3 is 15.5 Å². The highest BCUT2D eigenvalue weighted by Crippen LogP contribution is 2.18. The Labute approximate surface area is 121 Å². The number of rotatable bonds is 2. The first-order valence-corrected chi connectivity index (χ1v) is 6.55. The molecular formula is C13H18BrN3O2. The molecule has 1 heterocycles. The number of hydrogen-bond donors (Lipinski definition) is 2. The number of carbonyl (C=O) groups is 1. The number of carbonyl (C=O) groups excluding carboxylic acids is 1. The molecule has 0 aromatic heterocycles. The zero-order valence-corrected chi connectivity index (χ0v) is 13.0. The Morgan fingerprint density at radius 1 is 1.53 bits per heavy atom. The quantitative estimate of drug-likeness (QED) is 0.766. The second-order valence-electron chi connectivity index (χ2n) is 4.99. The Hall–Kier alpha value is -1.56. The molecule has 0 atom stereocenters. The van der Waals surface area contributed by atoms with Crippen LogP contribution in [-0.2, 0) is 4.74 Å². The number of halogens is 1. The molecule has 6 heteroatoms. The highest BCUT2D eigenvalue weighted by Gasteiger charge is 2.21. The Morgan fingerprint density at radius 2 is 2.16 bits per heavy atom. The fourth-order valence-electron chi connectivity index (χ4n) is 1.31. The van der Waals surface area contributed by atoms with Gasteiger partial charge in [0.1, 0.15) is 5.60 Å². The van der Waals surface area contributed by atoms with Gasteiger partial charge in [-0.3, -0.25) is 4.90 Å². The molecule has 2 N–H and O–H groups in total. The summed E-state index contributed by atoms with van der Waals surface area (Å²) in [5.41, 5.74) is 0.862. The fraction of sp³-hybridized carbons (Fsp3) is 0.385. The molecule has 1 rings (SSSR count). The molecule has 1 amide bonds. The second-order valence-corrected chi connectivity index (χ2v) is 5.85. The summed E-state index contributed by atoms with van der Waals surface area (Å²) in [6, 6.07) is 0. The molecule has 104 valence electrons. The molecule has 0 radical (unpaired) electrons. The maximum atomic E-state index is 11.9. The molecule has 1 aliphatic rings. The van der Waals surface area contributed by atoms with E-state index < -0.39 is 11.7 Å². The van der Waals surface area contributed by atoms with Crippen LogP contribution in [0.3, 0.4) is 0 Å². The van der Waals surface area contributed by atoms with Crippen LogP contribution in [0.4, 0.5) is 4.79 Å². The van der Waals surface area contributed by atoms with Crippen molar-refractivity contribution in [2.75, 3.05) is 7.05 Å². The Morgan fingerprint density at radius 3 is 2.68 bits per heavy atom. The highest BCUT2D eigenvalue weighted by atomic mass is 79.9. The summed E-state index contributed by atoms with van der Waals surface area (Å²) in [6.45, 7) is 5.47. The van der Waals surface area contributed by atoms with Crippen LogP contribution >= 0.6 is 15.9 Å². The fourth-order valence-corrected chi connectivity index (χ4v) is 1.54. The molecule has 0 bridgehead atoms. The highest BCUT2D eigenvalue weighted by molar-refractivity contribution is 9.12. The van der Waals surface area contributed by atoms with Crippen LogP contribution in [0.15, 0.2) is 34.2 Å². The van der Waals surface area contributed by atoms with Gasteiger partial charge in [0, 0.05) is 19.5 Å². The zero-order chi connectivity index (χ0) is 14.6. The molecule has 1 aliphatic heterocycles. The van der Waals surface area contributed by atoms with Gasteiger partial charge in [0.15, 0.2) is 0 Å². The van der Waals surface area contributed by atoms with Crippen molar-refractivity contribution in [3.8, 4) is 0 Å². The largest absolute Gasteiger partial charge is 0.443 e. The lowest BCUT2D eigenvalue weighted by atomic mass is 10.2. The van der Waals surface area contributed by atoms with E-state index in [2.05, 4.69) is 21.2 Å². The van der Waals surface area contributed by atoms with E-state index in [1.165, 1.54) is 11.1 Å². The van der Waals surface area contributed by atoms with Crippen molar-refractivity contribution in [1.29, 1.82) is 5.41 Å². The third-order valence-corrected chi connectivity index (χ3v) is 2.88. The monoisotopic (exact) mass is 327 g/mol. The lowest BCUT2D eigenvalue weighted by molar-refractivity contribution is 0.0359. The van der Waals surface area contributed by atoms with Crippen LogP contribution in [0.5, 0.6) is 0 Å². The lowest BCUT2D eigenvalue weighted by Gasteiger charge is -2.26. The molecule has 0 unspecified atom stereocenters. The van der Waals surface area contributed by atoms with E-state index in [0.29, 0.717) is 15.9 Å². The summed E-state index contributed by atoms with van der Waals surface area (Å²) in [6.07, 6.45) is 5.99. The van der Waals surface area contributed by atoms with Gasteiger partial charge >= 0.3 is 6.09 Å². The van der Waals surface area contributed by atoms with E-state index in [-0.39, 0.29) is 0 Å². The maximum Gasteiger partial charge on any atom is 0.414 e. The van der Waals surface area contributed by atoms with E-state index in [0.717, 1.165) is 0 Å². The van der Waals surface area contributed by atoms with E-state index in [9.17, 15) is 4.79 Å². The number of nitrogens with zero attached hydrogens (tertiary/aromatic N) is 1. The Bertz CT molecular complexity index is 473. The van der Waals surface area contributed by atoms with Gasteiger partial charge in [-0.1, -0.05) is 0 Å². The summed E-state index contributed by atoms with van der Waals surface area (Å²) < 4.78 is 5.90. The number of likely N-dealkylation sites (N-methyl/N-ethyl adjacent to an activating group) is 1. The van der Waals surface area contributed by atoms with Gasteiger partial charge in [0.05, 0.1) is 15.9 Å². The Balaban J connectivity index is 2.90. The number of nitrogens with one attached hydrogen (secondary N) is 2. The van der Waals surface area contributed by atoms with Crippen molar-refractivity contribution in [3.63, 3.8) is 0 Å². The van der Waals surface area contributed by atoms with Crippen molar-refractivity contribution >= 4 is 28.2 Å². The summed E-state index contributed by atoms with van der Waals surface area (Å²) in [5, 5.41) is 10.2. The molecule has 0 fully saturated rings. The van der Waals surface area contributed by atoms with E-state index >= 15 is 0 Å². The summed E-state index contributed by atoms with van der Waals surface area (Å²) in [4.78, 5) is 13.4. The van der Waals surface area contributed by atoms with Gasteiger partial charge in [-0.05, 0) is 48.9 Å². The molecule has 0 spiro atoms. The van der Waals surface area contributed by atoms with Crippen LogP contribution in [0.1, 0.15) is 20.8 Å². The molecule has 0 saturated carbocycles. The first-order chi connectivity index (χ1) is 8.74. The SMILES string of the molecule is CN(C(=O)OC(C)(C)C)C1=C/C(=C(\Br)C=N)NC=C1. The van der Waals surface area contributed by atoms with Crippen LogP contribution < -0.4 is 5.32 Å². The number of ether oxygens (including phenoxy) is 1. The molecule has 0 saturated heterocycles. The number of allylic oxidation sites excluding steroid dienone is 3. The lowest BCUT2D eigenvalue weighted by Crippen LogP contribution is -2.34. The van der Waals surface area contributed by atoms with Crippen molar-refractivity contribution in [3.05, 3.63) is 34.2 Å². The minimum absolute atomic E-state index is 0.421. The molecule has 0 aromatic rings. The first kappa shape index (κ1) is 15.5. The van der Waals surface area contributed by atoms with Gasteiger partial charge in [-0.2, -0.15) is 0 Å². The third kappa shape index (κ3) is 4.55. The van der Waals surface area contributed by atoms with Gasteiger partial charge in [-0.15, -0.1) is 0 Å². The Kier molecular flexibility index (Phi) is 4.94. The van der Waals surface area contributed by atoms with Crippen LogP contribution in [-0.4, -0.2) is 29.9 Å². The van der Waals surface area contributed by atoms with E-state index in [4.69, 9.17) is 10.1 Å². The second kappa shape index (κ2) is 6.06. The zero-order valence-electron chi connectivity index (χ0n) is 11.5.